The third-order valence-electron chi connectivity index (χ3n) is 4.64. The molecule has 2 fully saturated rings. The molecular formula is C15H22N2O2. The Morgan fingerprint density at radius 3 is 2.47 bits per heavy atom. The van der Waals surface area contributed by atoms with E-state index in [2.05, 4.69) is 12.2 Å². The van der Waals surface area contributed by atoms with Gasteiger partial charge in [-0.05, 0) is 31.6 Å². The molecule has 0 N–H and O–H groups in total. The minimum atomic E-state index is -0.258. The summed E-state index contributed by atoms with van der Waals surface area (Å²) in [5.74, 6) is 0.534. The Kier molecular flexibility index (Phi) is 3.11. The first-order valence-electron chi connectivity index (χ1n) is 7.39. The Hall–Kier alpha value is -1.32. The minimum absolute atomic E-state index is 0.170. The van der Waals surface area contributed by atoms with Crippen LogP contribution in [0.1, 0.15) is 39.5 Å². The van der Waals surface area contributed by atoms with E-state index >= 15 is 0 Å². The first kappa shape index (κ1) is 12.7. The van der Waals surface area contributed by atoms with Crippen molar-refractivity contribution in [1.29, 1.82) is 0 Å². The molecule has 4 heteroatoms. The number of carbonyl (C=O) groups is 2. The molecule has 3 rings (SSSR count). The molecule has 104 valence electrons. The second kappa shape index (κ2) is 4.66. The van der Waals surface area contributed by atoms with Crippen LogP contribution in [0.25, 0.3) is 0 Å². The van der Waals surface area contributed by atoms with Gasteiger partial charge in [0.1, 0.15) is 12.1 Å². The summed E-state index contributed by atoms with van der Waals surface area (Å²) in [4.78, 5) is 29.2. The Morgan fingerprint density at radius 2 is 1.84 bits per heavy atom. The average Bonchev–Trinajstić information content (AvgIpc) is 3.02. The highest BCUT2D eigenvalue weighted by molar-refractivity contribution is 5.97. The summed E-state index contributed by atoms with van der Waals surface area (Å²) in [6.07, 6.45) is 7.85. The zero-order valence-corrected chi connectivity index (χ0v) is 11.7. The topological polar surface area (TPSA) is 40.6 Å². The lowest BCUT2D eigenvalue weighted by atomic mass is 9.93. The fourth-order valence-corrected chi connectivity index (χ4v) is 3.73. The highest BCUT2D eigenvalue weighted by Gasteiger charge is 2.50. The molecule has 0 aromatic heterocycles. The van der Waals surface area contributed by atoms with Gasteiger partial charge in [-0.1, -0.05) is 26.0 Å². The molecule has 2 heterocycles. The lowest BCUT2D eigenvalue weighted by molar-refractivity contribution is -0.164. The number of piperazine rings is 1. The zero-order valence-electron chi connectivity index (χ0n) is 11.7. The maximum atomic E-state index is 12.8. The van der Waals surface area contributed by atoms with Crippen LogP contribution in [0.15, 0.2) is 12.2 Å². The van der Waals surface area contributed by atoms with Gasteiger partial charge in [0.2, 0.25) is 11.8 Å². The third-order valence-corrected chi connectivity index (χ3v) is 4.64. The van der Waals surface area contributed by atoms with Gasteiger partial charge in [0.15, 0.2) is 0 Å². The van der Waals surface area contributed by atoms with Crippen LogP contribution in [0.3, 0.4) is 0 Å². The van der Waals surface area contributed by atoms with Crippen molar-refractivity contribution in [3.63, 3.8) is 0 Å². The lowest BCUT2D eigenvalue weighted by Gasteiger charge is -2.46. The Balaban J connectivity index is 1.93. The second-order valence-electron chi connectivity index (χ2n) is 6.22. The van der Waals surface area contributed by atoms with Gasteiger partial charge >= 0.3 is 0 Å². The molecule has 2 unspecified atom stereocenters. The van der Waals surface area contributed by atoms with Gasteiger partial charge in [-0.25, -0.2) is 0 Å². The van der Waals surface area contributed by atoms with Crippen molar-refractivity contribution in [2.75, 3.05) is 6.54 Å². The first-order chi connectivity index (χ1) is 9.11. The van der Waals surface area contributed by atoms with Gasteiger partial charge < -0.3 is 9.80 Å². The quantitative estimate of drug-likeness (QED) is 0.709. The van der Waals surface area contributed by atoms with Gasteiger partial charge in [0.05, 0.1) is 0 Å². The van der Waals surface area contributed by atoms with Crippen LogP contribution in [-0.2, 0) is 9.59 Å². The van der Waals surface area contributed by atoms with Crippen molar-refractivity contribution < 1.29 is 9.59 Å². The van der Waals surface area contributed by atoms with E-state index in [4.69, 9.17) is 0 Å². The molecule has 0 spiro atoms. The van der Waals surface area contributed by atoms with Crippen molar-refractivity contribution in [3.8, 4) is 0 Å². The summed E-state index contributed by atoms with van der Waals surface area (Å²) in [5, 5.41) is 0. The number of nitrogens with zero attached hydrogens (tertiary/aromatic N) is 2. The normalized spacial score (nSPS) is 31.7. The highest BCUT2D eigenvalue weighted by atomic mass is 16.2. The fraction of sp³-hybridized carbons (Fsp3) is 0.733. The number of fused-ring (bicyclic) bond motifs is 1. The van der Waals surface area contributed by atoms with Crippen LogP contribution in [0, 0.1) is 5.92 Å². The predicted molar refractivity (Wildman–Crippen MR) is 72.4 cm³/mol. The molecule has 0 aromatic carbocycles. The molecule has 2 amide bonds. The van der Waals surface area contributed by atoms with Crippen LogP contribution >= 0.6 is 0 Å². The van der Waals surface area contributed by atoms with Gasteiger partial charge in [0, 0.05) is 12.6 Å². The van der Waals surface area contributed by atoms with E-state index < -0.39 is 0 Å². The van der Waals surface area contributed by atoms with Crippen molar-refractivity contribution in [2.45, 2.75) is 57.7 Å². The monoisotopic (exact) mass is 262 g/mol. The fourth-order valence-electron chi connectivity index (χ4n) is 3.73. The van der Waals surface area contributed by atoms with E-state index in [1.165, 1.54) is 0 Å². The predicted octanol–water partition coefficient (Wildman–Crippen LogP) is 1.56. The summed E-state index contributed by atoms with van der Waals surface area (Å²) in [6, 6.07) is -0.235. The molecule has 2 atom stereocenters. The smallest absolute Gasteiger partial charge is 0.246 e. The number of hydrogen-bond acceptors (Lipinski definition) is 2. The van der Waals surface area contributed by atoms with Gasteiger partial charge in [-0.15, -0.1) is 0 Å². The second-order valence-corrected chi connectivity index (χ2v) is 6.22. The van der Waals surface area contributed by atoms with Crippen LogP contribution < -0.4 is 0 Å². The minimum Gasteiger partial charge on any atom is -0.329 e. The van der Waals surface area contributed by atoms with Crippen LogP contribution in [-0.4, -0.2) is 46.3 Å². The summed E-state index contributed by atoms with van der Waals surface area (Å²) in [7, 11) is 0. The summed E-state index contributed by atoms with van der Waals surface area (Å²) in [5.41, 5.74) is 0. The number of rotatable bonds is 2. The Morgan fingerprint density at radius 1 is 1.16 bits per heavy atom. The van der Waals surface area contributed by atoms with Gasteiger partial charge in [0.25, 0.3) is 0 Å². The molecule has 0 radical (unpaired) electrons. The SMILES string of the molecule is CC(C)C1C(=O)N2CCCC2C(=O)N1C1CC=CC1. The summed E-state index contributed by atoms with van der Waals surface area (Å²) >= 11 is 0. The largest absolute Gasteiger partial charge is 0.329 e. The molecule has 19 heavy (non-hydrogen) atoms. The third kappa shape index (κ3) is 1.88. The molecule has 0 aromatic rings. The number of hydrogen-bond donors (Lipinski definition) is 0. The van der Waals surface area contributed by atoms with Crippen molar-refractivity contribution >= 4 is 11.8 Å². The van der Waals surface area contributed by atoms with Crippen molar-refractivity contribution in [1.82, 2.24) is 9.80 Å². The molecule has 0 saturated carbocycles. The van der Waals surface area contributed by atoms with Gasteiger partial charge in [-0.3, -0.25) is 9.59 Å². The Labute approximate surface area is 114 Å². The van der Waals surface area contributed by atoms with E-state index in [1.807, 2.05) is 23.6 Å². The summed E-state index contributed by atoms with van der Waals surface area (Å²) < 4.78 is 0. The van der Waals surface area contributed by atoms with Crippen molar-refractivity contribution in [2.24, 2.45) is 5.92 Å². The molecule has 3 aliphatic rings. The van der Waals surface area contributed by atoms with Crippen LogP contribution in [0.4, 0.5) is 0 Å². The van der Waals surface area contributed by atoms with E-state index in [0.29, 0.717) is 0 Å². The molecule has 2 aliphatic heterocycles. The molecule has 0 bridgehead atoms. The van der Waals surface area contributed by atoms with E-state index in [1.54, 1.807) is 0 Å². The number of carbonyl (C=O) groups excluding carboxylic acids is 2. The standard InChI is InChI=1S/C15H22N2O2/c1-10(2)13-15(19)16-9-5-8-12(16)14(18)17(13)11-6-3-4-7-11/h3-4,10-13H,5-9H2,1-2H3. The van der Waals surface area contributed by atoms with Gasteiger partial charge in [-0.2, -0.15) is 0 Å². The Bertz CT molecular complexity index is 422. The van der Waals surface area contributed by atoms with Crippen molar-refractivity contribution in [3.05, 3.63) is 12.2 Å². The van der Waals surface area contributed by atoms with Crippen LogP contribution in [0.2, 0.25) is 0 Å². The maximum Gasteiger partial charge on any atom is 0.246 e. The molecule has 2 saturated heterocycles. The molecule has 1 aliphatic carbocycles. The number of amides is 2. The lowest BCUT2D eigenvalue weighted by Crippen LogP contribution is -2.66. The van der Waals surface area contributed by atoms with E-state index in [0.717, 1.165) is 32.2 Å². The zero-order chi connectivity index (χ0) is 13.6. The first-order valence-corrected chi connectivity index (χ1v) is 7.39. The van der Waals surface area contributed by atoms with Crippen LogP contribution in [0.5, 0.6) is 0 Å². The average molecular weight is 262 g/mol. The van der Waals surface area contributed by atoms with E-state index in [-0.39, 0.29) is 35.9 Å². The maximum absolute atomic E-state index is 12.8. The molecular weight excluding hydrogens is 240 g/mol. The summed E-state index contributed by atoms with van der Waals surface area (Å²) in [6.45, 7) is 4.85. The van der Waals surface area contributed by atoms with E-state index in [9.17, 15) is 9.59 Å². The highest BCUT2D eigenvalue weighted by Crippen LogP contribution is 2.33. The molecule has 4 nitrogen and oxygen atoms in total.